The van der Waals surface area contributed by atoms with Crippen LogP contribution in [0.4, 0.5) is 0 Å². The summed E-state index contributed by atoms with van der Waals surface area (Å²) in [6.45, 7) is 10.1. The molecule has 0 aliphatic carbocycles. The zero-order valence-corrected chi connectivity index (χ0v) is 25.0. The summed E-state index contributed by atoms with van der Waals surface area (Å²) in [6.07, 6.45) is 1.90. The normalized spacial score (nSPS) is 15.2. The minimum Gasteiger partial charge on any atom is -0.496 e. The molecule has 0 spiro atoms. The van der Waals surface area contributed by atoms with Crippen LogP contribution in [0.3, 0.4) is 0 Å². The zero-order chi connectivity index (χ0) is 28.9. The average Bonchev–Trinajstić information content (AvgIpc) is 3.37. The molecule has 0 radical (unpaired) electrons. The molecule has 40 heavy (non-hydrogen) atoms. The van der Waals surface area contributed by atoms with Gasteiger partial charge in [0.1, 0.15) is 11.8 Å². The molecule has 0 fully saturated rings. The highest BCUT2D eigenvalue weighted by Crippen LogP contribution is 2.37. The summed E-state index contributed by atoms with van der Waals surface area (Å²) in [5.41, 5.74) is 7.57. The second-order valence-electron chi connectivity index (χ2n) is 9.86. The summed E-state index contributed by atoms with van der Waals surface area (Å²) in [5, 5.41) is 0.454. The van der Waals surface area contributed by atoms with Gasteiger partial charge in [0, 0.05) is 22.0 Å². The monoisotopic (exact) mass is 575 g/mol. The first-order chi connectivity index (χ1) is 19.1. The Labute approximate surface area is 241 Å². The van der Waals surface area contributed by atoms with Gasteiger partial charge in [0.15, 0.2) is 4.80 Å². The van der Waals surface area contributed by atoms with Crippen LogP contribution >= 0.6 is 22.9 Å². The van der Waals surface area contributed by atoms with Crippen molar-refractivity contribution in [1.29, 1.82) is 0 Å². The van der Waals surface area contributed by atoms with Crippen molar-refractivity contribution in [3.63, 3.8) is 0 Å². The molecule has 0 unspecified atom stereocenters. The van der Waals surface area contributed by atoms with E-state index in [1.807, 2.05) is 6.08 Å². The molecule has 0 bridgehead atoms. The van der Waals surface area contributed by atoms with Gasteiger partial charge in [-0.15, -0.1) is 0 Å². The molecule has 9 heteroatoms. The minimum absolute atomic E-state index is 0.259. The predicted octanol–water partition coefficient (Wildman–Crippen LogP) is 5.09. The van der Waals surface area contributed by atoms with Gasteiger partial charge in [-0.05, 0) is 81.7 Å². The number of aromatic nitrogens is 2. The highest BCUT2D eigenvalue weighted by atomic mass is 35.5. The van der Waals surface area contributed by atoms with E-state index in [1.165, 1.54) is 41.3 Å². The van der Waals surface area contributed by atoms with Crippen molar-refractivity contribution in [3.05, 3.63) is 112 Å². The summed E-state index contributed by atoms with van der Waals surface area (Å²) in [5.74, 6) is -0.0723. The Kier molecular flexibility index (Phi) is 7.33. The second kappa shape index (κ2) is 10.6. The maximum atomic E-state index is 14.1. The Morgan fingerprint density at radius 2 is 1.75 bits per heavy atom. The molecule has 0 saturated heterocycles. The van der Waals surface area contributed by atoms with E-state index >= 15 is 0 Å². The van der Waals surface area contributed by atoms with Gasteiger partial charge in [-0.3, -0.25) is 9.36 Å². The SMILES string of the molecule is COC(=O)C1=C(C)N=c2s/c(=C\c3cc(C)n(-c4c(C)cccc4C)c3C)c(=O)n2[C@@H]1c1cc(Cl)ccc1OC. The Balaban J connectivity index is 1.76. The number of nitrogens with zero attached hydrogens (tertiary/aromatic N) is 3. The molecule has 0 amide bonds. The Bertz CT molecular complexity index is 1870. The van der Waals surface area contributed by atoms with Crippen molar-refractivity contribution in [2.75, 3.05) is 14.2 Å². The van der Waals surface area contributed by atoms with Crippen LogP contribution in [-0.4, -0.2) is 29.3 Å². The molecule has 1 aliphatic heterocycles. The number of fused-ring (bicyclic) bond motifs is 1. The van der Waals surface area contributed by atoms with E-state index in [9.17, 15) is 9.59 Å². The number of carbonyl (C=O) groups is 1. The summed E-state index contributed by atoms with van der Waals surface area (Å²) in [7, 11) is 2.85. The molecular formula is C31H30ClN3O4S. The third-order valence-corrected chi connectivity index (χ3v) is 8.55. The standard InChI is InChI=1S/C31H30ClN3O4S/c1-16-9-8-10-17(2)27(16)34-18(3)13-21(20(34)5)14-25-29(36)35-28(23-15-22(32)11-12-24(23)38-6)26(30(37)39-7)19(4)33-31(35)40-25/h8-15,28H,1-7H3/b25-14-/t28-/m1/s1. The maximum absolute atomic E-state index is 14.1. The molecule has 3 heterocycles. The van der Waals surface area contributed by atoms with Crippen LogP contribution in [0.25, 0.3) is 11.8 Å². The van der Waals surface area contributed by atoms with Crippen LogP contribution in [0, 0.1) is 27.7 Å². The van der Waals surface area contributed by atoms with Gasteiger partial charge in [-0.25, -0.2) is 9.79 Å². The van der Waals surface area contributed by atoms with Crippen molar-refractivity contribution in [1.82, 2.24) is 9.13 Å². The number of hydrogen-bond donors (Lipinski definition) is 0. The highest BCUT2D eigenvalue weighted by Gasteiger charge is 2.35. The number of para-hydroxylation sites is 1. The maximum Gasteiger partial charge on any atom is 0.338 e. The van der Waals surface area contributed by atoms with E-state index < -0.39 is 12.0 Å². The van der Waals surface area contributed by atoms with E-state index in [1.54, 1.807) is 25.1 Å². The topological polar surface area (TPSA) is 74.8 Å². The number of aryl methyl sites for hydroxylation is 3. The van der Waals surface area contributed by atoms with Gasteiger partial charge >= 0.3 is 5.97 Å². The fourth-order valence-electron chi connectivity index (χ4n) is 5.48. The third kappa shape index (κ3) is 4.51. The van der Waals surface area contributed by atoms with Crippen molar-refractivity contribution in [2.24, 2.45) is 4.99 Å². The quantitative estimate of drug-likeness (QED) is 0.311. The van der Waals surface area contributed by atoms with Crippen molar-refractivity contribution in [3.8, 4) is 11.4 Å². The first kappa shape index (κ1) is 27.7. The summed E-state index contributed by atoms with van der Waals surface area (Å²) < 4.78 is 15.0. The Hall–Kier alpha value is -3.88. The smallest absolute Gasteiger partial charge is 0.338 e. The number of benzene rings is 2. The first-order valence-electron chi connectivity index (χ1n) is 12.8. The van der Waals surface area contributed by atoms with Crippen LogP contribution < -0.4 is 19.6 Å². The van der Waals surface area contributed by atoms with Crippen LogP contribution in [0.1, 0.15) is 46.6 Å². The van der Waals surface area contributed by atoms with E-state index in [2.05, 4.69) is 61.5 Å². The number of esters is 1. The number of methoxy groups -OCH3 is 2. The van der Waals surface area contributed by atoms with Crippen LogP contribution in [0.15, 0.2) is 63.5 Å². The molecule has 2 aromatic carbocycles. The molecular weight excluding hydrogens is 546 g/mol. The minimum atomic E-state index is -0.818. The van der Waals surface area contributed by atoms with Gasteiger partial charge in [0.25, 0.3) is 5.56 Å². The van der Waals surface area contributed by atoms with Gasteiger partial charge in [-0.2, -0.15) is 0 Å². The summed E-state index contributed by atoms with van der Waals surface area (Å²) in [4.78, 5) is 32.2. The van der Waals surface area contributed by atoms with Crippen LogP contribution in [-0.2, 0) is 9.53 Å². The lowest BCUT2D eigenvalue weighted by Crippen LogP contribution is -2.40. The largest absolute Gasteiger partial charge is 0.496 e. The van der Waals surface area contributed by atoms with E-state index in [0.29, 0.717) is 31.4 Å². The highest BCUT2D eigenvalue weighted by molar-refractivity contribution is 7.07. The second-order valence-corrected chi connectivity index (χ2v) is 11.3. The molecule has 1 aliphatic rings. The predicted molar refractivity (Wildman–Crippen MR) is 159 cm³/mol. The van der Waals surface area contributed by atoms with E-state index in [-0.39, 0.29) is 11.1 Å². The lowest BCUT2D eigenvalue weighted by Gasteiger charge is -2.25. The van der Waals surface area contributed by atoms with Crippen molar-refractivity contribution < 1.29 is 14.3 Å². The fraction of sp³-hybridized carbons (Fsp3) is 0.258. The average molecular weight is 576 g/mol. The van der Waals surface area contributed by atoms with Crippen LogP contribution in [0.5, 0.6) is 5.75 Å². The number of halogens is 1. The number of allylic oxidation sites excluding steroid dienone is 1. The van der Waals surface area contributed by atoms with Gasteiger partial charge in [0.2, 0.25) is 0 Å². The molecule has 5 rings (SSSR count). The Morgan fingerprint density at radius 3 is 2.40 bits per heavy atom. The molecule has 2 aromatic heterocycles. The summed E-state index contributed by atoms with van der Waals surface area (Å²) in [6, 6.07) is 12.7. The van der Waals surface area contributed by atoms with Gasteiger partial charge in [-0.1, -0.05) is 41.1 Å². The molecule has 0 N–H and O–H groups in total. The summed E-state index contributed by atoms with van der Waals surface area (Å²) >= 11 is 7.66. The van der Waals surface area contributed by atoms with Gasteiger partial charge in [0.05, 0.1) is 35.7 Å². The van der Waals surface area contributed by atoms with Crippen LogP contribution in [0.2, 0.25) is 5.02 Å². The third-order valence-electron chi connectivity index (χ3n) is 7.33. The van der Waals surface area contributed by atoms with Gasteiger partial charge < -0.3 is 14.0 Å². The first-order valence-corrected chi connectivity index (χ1v) is 14.0. The van der Waals surface area contributed by atoms with Crippen molar-refractivity contribution >= 4 is 35.0 Å². The molecule has 0 saturated carbocycles. The van der Waals surface area contributed by atoms with E-state index in [0.717, 1.165) is 22.6 Å². The molecule has 1 atom stereocenters. The molecule has 4 aromatic rings. The van der Waals surface area contributed by atoms with Crippen molar-refractivity contribution in [2.45, 2.75) is 40.7 Å². The Morgan fingerprint density at radius 1 is 1.05 bits per heavy atom. The lowest BCUT2D eigenvalue weighted by atomic mass is 9.95. The fourth-order valence-corrected chi connectivity index (χ4v) is 6.70. The number of carbonyl (C=O) groups excluding carboxylic acids is 1. The molecule has 206 valence electrons. The number of thiazole rings is 1. The number of rotatable bonds is 5. The molecule has 7 nitrogen and oxygen atoms in total. The number of ether oxygens (including phenoxy) is 2. The zero-order valence-electron chi connectivity index (χ0n) is 23.5. The number of hydrogen-bond acceptors (Lipinski definition) is 6. The lowest BCUT2D eigenvalue weighted by molar-refractivity contribution is -0.136. The van der Waals surface area contributed by atoms with E-state index in [4.69, 9.17) is 21.1 Å².